The number of rotatable bonds is 9. The Bertz CT molecular complexity index is 758. The van der Waals surface area contributed by atoms with Gasteiger partial charge < -0.3 is 14.8 Å². The van der Waals surface area contributed by atoms with Crippen molar-refractivity contribution in [3.8, 4) is 5.75 Å². The highest BCUT2D eigenvalue weighted by molar-refractivity contribution is 6.32. The van der Waals surface area contributed by atoms with Crippen LogP contribution < -0.4 is 10.1 Å². The standard InChI is InChI=1S/C23H33ClN2O4/c1-5-20(27)19(12-15-6-8-16(9-7-15)22(25)29-4)26-23(28)17-10-11-21(18(24)13-17)30-14(2)3/h10-11,13-16,19,25H,5-9,12H2,1-4H3,(H,26,28). The number of halogens is 1. The molecule has 1 aromatic carbocycles. The molecule has 1 unspecified atom stereocenters. The number of amides is 1. The number of ketones is 1. The van der Waals surface area contributed by atoms with Crippen LogP contribution in [0.25, 0.3) is 0 Å². The fraction of sp³-hybridized carbons (Fsp3) is 0.609. The summed E-state index contributed by atoms with van der Waals surface area (Å²) in [6, 6.07) is 4.40. The van der Waals surface area contributed by atoms with Crippen LogP contribution in [0, 0.1) is 17.2 Å². The molecule has 0 aliphatic heterocycles. The summed E-state index contributed by atoms with van der Waals surface area (Å²) < 4.78 is 10.7. The SMILES string of the molecule is CCC(=O)C(CC1CCC(C(=N)OC)CC1)NC(=O)c1ccc(OC(C)C)c(Cl)c1. The maximum absolute atomic E-state index is 12.8. The molecule has 1 aliphatic carbocycles. The normalized spacial score (nSPS) is 19.8. The molecule has 1 fully saturated rings. The van der Waals surface area contributed by atoms with E-state index in [4.69, 9.17) is 26.5 Å². The van der Waals surface area contributed by atoms with Gasteiger partial charge in [0.2, 0.25) is 0 Å². The van der Waals surface area contributed by atoms with Crippen LogP contribution in [-0.2, 0) is 9.53 Å². The fourth-order valence-corrected chi connectivity index (χ4v) is 4.14. The molecule has 2 rings (SSSR count). The van der Waals surface area contributed by atoms with E-state index < -0.39 is 6.04 Å². The Kier molecular flexibility index (Phi) is 9.15. The third-order valence-electron chi connectivity index (χ3n) is 5.61. The molecule has 1 atom stereocenters. The highest BCUT2D eigenvalue weighted by Gasteiger charge is 2.29. The van der Waals surface area contributed by atoms with Crippen molar-refractivity contribution >= 4 is 29.2 Å². The van der Waals surface area contributed by atoms with Crippen molar-refractivity contribution in [1.29, 1.82) is 5.41 Å². The summed E-state index contributed by atoms with van der Waals surface area (Å²) in [6.45, 7) is 5.63. The van der Waals surface area contributed by atoms with Crippen molar-refractivity contribution in [2.24, 2.45) is 11.8 Å². The quantitative estimate of drug-likeness (QED) is 0.420. The Balaban J connectivity index is 2.01. The van der Waals surface area contributed by atoms with Gasteiger partial charge in [0.1, 0.15) is 5.75 Å². The number of carbonyl (C=O) groups is 2. The lowest BCUT2D eigenvalue weighted by atomic mass is 9.78. The van der Waals surface area contributed by atoms with Crippen molar-refractivity contribution in [3.63, 3.8) is 0 Å². The van der Waals surface area contributed by atoms with Gasteiger partial charge in [-0.15, -0.1) is 0 Å². The number of hydrogen-bond acceptors (Lipinski definition) is 5. The van der Waals surface area contributed by atoms with Gasteiger partial charge >= 0.3 is 0 Å². The van der Waals surface area contributed by atoms with Crippen LogP contribution in [0.4, 0.5) is 0 Å². The molecule has 0 radical (unpaired) electrons. The fourth-order valence-electron chi connectivity index (χ4n) is 3.91. The first-order chi connectivity index (χ1) is 14.2. The number of methoxy groups -OCH3 is 1. The number of nitrogens with one attached hydrogen (secondary N) is 2. The Labute approximate surface area is 184 Å². The lowest BCUT2D eigenvalue weighted by Gasteiger charge is -2.30. The van der Waals surface area contributed by atoms with Gasteiger partial charge in [-0.05, 0) is 70.1 Å². The number of ether oxygens (including phenoxy) is 2. The molecule has 1 amide bonds. The molecule has 0 heterocycles. The average molecular weight is 437 g/mol. The largest absolute Gasteiger partial charge is 0.489 e. The number of benzene rings is 1. The molecule has 0 saturated heterocycles. The zero-order valence-corrected chi connectivity index (χ0v) is 19.1. The summed E-state index contributed by atoms with van der Waals surface area (Å²) >= 11 is 6.25. The van der Waals surface area contributed by atoms with E-state index >= 15 is 0 Å². The monoisotopic (exact) mass is 436 g/mol. The number of Topliss-reactive ketones (excluding diaryl/α,β-unsaturated/α-hetero) is 1. The average Bonchev–Trinajstić information content (AvgIpc) is 2.73. The number of carbonyl (C=O) groups excluding carboxylic acids is 2. The van der Waals surface area contributed by atoms with E-state index in [-0.39, 0.29) is 23.7 Å². The van der Waals surface area contributed by atoms with Crippen LogP contribution in [0.5, 0.6) is 5.75 Å². The van der Waals surface area contributed by atoms with Crippen LogP contribution >= 0.6 is 11.6 Å². The summed E-state index contributed by atoms with van der Waals surface area (Å²) in [5.74, 6) is 1.09. The minimum atomic E-state index is -0.517. The minimum Gasteiger partial charge on any atom is -0.489 e. The first-order valence-electron chi connectivity index (χ1n) is 10.7. The predicted octanol–water partition coefficient (Wildman–Crippen LogP) is 5.02. The van der Waals surface area contributed by atoms with Crippen LogP contribution in [0.1, 0.15) is 69.7 Å². The molecular formula is C23H33ClN2O4. The van der Waals surface area contributed by atoms with Gasteiger partial charge in [0, 0.05) is 17.9 Å². The molecule has 2 N–H and O–H groups in total. The van der Waals surface area contributed by atoms with E-state index in [9.17, 15) is 9.59 Å². The molecule has 1 saturated carbocycles. The molecule has 166 valence electrons. The second kappa shape index (κ2) is 11.3. The molecule has 7 heteroatoms. The minimum absolute atomic E-state index is 0.0172. The van der Waals surface area contributed by atoms with Gasteiger partial charge in [-0.2, -0.15) is 0 Å². The highest BCUT2D eigenvalue weighted by Crippen LogP contribution is 2.33. The van der Waals surface area contributed by atoms with E-state index in [0.717, 1.165) is 25.7 Å². The summed E-state index contributed by atoms with van der Waals surface area (Å²) in [6.07, 6.45) is 4.58. The zero-order valence-electron chi connectivity index (χ0n) is 18.3. The highest BCUT2D eigenvalue weighted by atomic mass is 35.5. The zero-order chi connectivity index (χ0) is 22.3. The topological polar surface area (TPSA) is 88.5 Å². The first-order valence-corrected chi connectivity index (χ1v) is 11.0. The maximum atomic E-state index is 12.8. The Morgan fingerprint density at radius 2 is 1.90 bits per heavy atom. The smallest absolute Gasteiger partial charge is 0.251 e. The first kappa shape index (κ1) is 24.2. The lowest BCUT2D eigenvalue weighted by molar-refractivity contribution is -0.121. The second-order valence-electron chi connectivity index (χ2n) is 8.18. The van der Waals surface area contributed by atoms with E-state index in [2.05, 4.69) is 5.32 Å². The molecule has 0 spiro atoms. The molecule has 1 aliphatic rings. The van der Waals surface area contributed by atoms with Gasteiger partial charge in [-0.25, -0.2) is 0 Å². The van der Waals surface area contributed by atoms with Gasteiger partial charge in [0.15, 0.2) is 11.7 Å². The van der Waals surface area contributed by atoms with Crippen LogP contribution in [-0.4, -0.2) is 36.8 Å². The summed E-state index contributed by atoms with van der Waals surface area (Å²) in [5.41, 5.74) is 0.405. The van der Waals surface area contributed by atoms with Crippen molar-refractivity contribution < 1.29 is 19.1 Å². The van der Waals surface area contributed by atoms with E-state index in [1.165, 1.54) is 7.11 Å². The molecule has 30 heavy (non-hydrogen) atoms. The van der Waals surface area contributed by atoms with Crippen LogP contribution in [0.2, 0.25) is 5.02 Å². The third kappa shape index (κ3) is 6.73. The lowest BCUT2D eigenvalue weighted by Crippen LogP contribution is -2.42. The van der Waals surface area contributed by atoms with E-state index in [1.54, 1.807) is 18.2 Å². The van der Waals surface area contributed by atoms with Crippen molar-refractivity contribution in [3.05, 3.63) is 28.8 Å². The molecule has 1 aromatic rings. The van der Waals surface area contributed by atoms with Crippen molar-refractivity contribution in [1.82, 2.24) is 5.32 Å². The second-order valence-corrected chi connectivity index (χ2v) is 8.59. The molecule has 0 aromatic heterocycles. The molecule has 6 nitrogen and oxygen atoms in total. The predicted molar refractivity (Wildman–Crippen MR) is 119 cm³/mol. The van der Waals surface area contributed by atoms with Crippen LogP contribution in [0.3, 0.4) is 0 Å². The summed E-state index contributed by atoms with van der Waals surface area (Å²) in [5, 5.41) is 11.1. The maximum Gasteiger partial charge on any atom is 0.251 e. The van der Waals surface area contributed by atoms with E-state index in [0.29, 0.717) is 41.0 Å². The molecular weight excluding hydrogens is 404 g/mol. The van der Waals surface area contributed by atoms with Gasteiger partial charge in [-0.3, -0.25) is 15.0 Å². The van der Waals surface area contributed by atoms with Gasteiger partial charge in [-0.1, -0.05) is 18.5 Å². The van der Waals surface area contributed by atoms with Crippen LogP contribution in [0.15, 0.2) is 18.2 Å². The summed E-state index contributed by atoms with van der Waals surface area (Å²) in [4.78, 5) is 25.3. The van der Waals surface area contributed by atoms with Crippen molar-refractivity contribution in [2.75, 3.05) is 7.11 Å². The Morgan fingerprint density at radius 3 is 2.43 bits per heavy atom. The Morgan fingerprint density at radius 1 is 1.23 bits per heavy atom. The summed E-state index contributed by atoms with van der Waals surface area (Å²) in [7, 11) is 1.54. The number of hydrogen-bond donors (Lipinski definition) is 2. The molecule has 0 bridgehead atoms. The van der Waals surface area contributed by atoms with Gasteiger partial charge in [0.25, 0.3) is 5.91 Å². The van der Waals surface area contributed by atoms with Gasteiger partial charge in [0.05, 0.1) is 24.3 Å². The van der Waals surface area contributed by atoms with E-state index in [1.807, 2.05) is 20.8 Å². The van der Waals surface area contributed by atoms with Crippen molar-refractivity contribution in [2.45, 2.75) is 71.4 Å². The third-order valence-corrected chi connectivity index (χ3v) is 5.90. The Hall–Kier alpha value is -2.08.